The van der Waals surface area contributed by atoms with Crippen LogP contribution >= 0.6 is 11.8 Å². The molecule has 1 atom stereocenters. The second-order valence-corrected chi connectivity index (χ2v) is 6.10. The van der Waals surface area contributed by atoms with E-state index in [4.69, 9.17) is 9.84 Å². The van der Waals surface area contributed by atoms with Crippen LogP contribution < -0.4 is 10.1 Å². The summed E-state index contributed by atoms with van der Waals surface area (Å²) in [6.45, 7) is 2.43. The first-order chi connectivity index (χ1) is 11.5. The van der Waals surface area contributed by atoms with Crippen molar-refractivity contribution in [1.82, 2.24) is 5.32 Å². The Morgan fingerprint density at radius 3 is 3.00 bits per heavy atom. The summed E-state index contributed by atoms with van der Waals surface area (Å²) in [7, 11) is 0. The minimum absolute atomic E-state index is 0.210. The number of nitrogens with zero attached hydrogens (tertiary/aromatic N) is 2. The Kier molecular flexibility index (Phi) is 6.30. The Hall–Kier alpha value is -2.42. The van der Waals surface area contributed by atoms with E-state index in [9.17, 15) is 14.0 Å². The van der Waals surface area contributed by atoms with Crippen LogP contribution in [-0.4, -0.2) is 40.2 Å². The Balaban J connectivity index is 2.02. The predicted octanol–water partition coefficient (Wildman–Crippen LogP) is 2.01. The normalized spacial score (nSPS) is 19.0. The lowest BCUT2D eigenvalue weighted by atomic mass is 10.2. The highest BCUT2D eigenvalue weighted by molar-refractivity contribution is 8.15. The van der Waals surface area contributed by atoms with Crippen LogP contribution in [0.25, 0.3) is 0 Å². The number of amidine groups is 1. The van der Waals surface area contributed by atoms with E-state index in [0.717, 1.165) is 18.2 Å². The van der Waals surface area contributed by atoms with Crippen molar-refractivity contribution in [2.75, 3.05) is 6.61 Å². The molecule has 1 aliphatic heterocycles. The van der Waals surface area contributed by atoms with E-state index in [-0.39, 0.29) is 11.6 Å². The molecule has 0 radical (unpaired) electrons. The van der Waals surface area contributed by atoms with Crippen molar-refractivity contribution in [2.45, 2.75) is 25.0 Å². The van der Waals surface area contributed by atoms with E-state index < -0.39 is 22.9 Å². The van der Waals surface area contributed by atoms with Crippen molar-refractivity contribution >= 4 is 35.0 Å². The van der Waals surface area contributed by atoms with E-state index in [0.29, 0.717) is 17.9 Å². The van der Waals surface area contributed by atoms with Gasteiger partial charge in [0.25, 0.3) is 0 Å². The van der Waals surface area contributed by atoms with Gasteiger partial charge >= 0.3 is 5.97 Å². The van der Waals surface area contributed by atoms with Crippen molar-refractivity contribution in [3.63, 3.8) is 0 Å². The molecule has 0 saturated carbocycles. The minimum atomic E-state index is -1.06. The van der Waals surface area contributed by atoms with E-state index >= 15 is 0 Å². The topological polar surface area (TPSA) is 100 Å². The number of aliphatic carboxylic acids is 1. The first-order valence-corrected chi connectivity index (χ1v) is 8.09. The highest BCUT2D eigenvalue weighted by atomic mass is 32.2. The van der Waals surface area contributed by atoms with Crippen LogP contribution in [0.3, 0.4) is 0 Å². The molecule has 2 N–H and O–H groups in total. The molecule has 9 heteroatoms. The van der Waals surface area contributed by atoms with Gasteiger partial charge in [-0.2, -0.15) is 5.10 Å². The van der Waals surface area contributed by atoms with Crippen molar-refractivity contribution in [2.24, 2.45) is 10.2 Å². The number of halogens is 1. The molecule has 1 saturated heterocycles. The largest absolute Gasteiger partial charge is 0.493 e. The number of rotatable bonds is 7. The number of carboxylic acid groups (broad SMARTS) is 1. The predicted molar refractivity (Wildman–Crippen MR) is 89.0 cm³/mol. The summed E-state index contributed by atoms with van der Waals surface area (Å²) < 4.78 is 18.9. The number of hydrogen-bond acceptors (Lipinski definition) is 6. The lowest BCUT2D eigenvalue weighted by molar-refractivity contribution is -0.138. The van der Waals surface area contributed by atoms with Crippen molar-refractivity contribution < 1.29 is 23.8 Å². The lowest BCUT2D eigenvalue weighted by Gasteiger charge is -2.05. The van der Waals surface area contributed by atoms with E-state index in [2.05, 4.69) is 15.5 Å². The Morgan fingerprint density at radius 1 is 1.50 bits per heavy atom. The van der Waals surface area contributed by atoms with Gasteiger partial charge in [0.1, 0.15) is 16.8 Å². The SMILES string of the molecule is CCCOc1cc(F)cc(C=NN=C2NC(=O)C(CC(=O)O)S2)c1. The standard InChI is InChI=1S/C15H16FN3O4S/c1-2-3-23-11-5-9(4-10(16)6-11)8-17-19-15-18-14(22)12(24-15)7-13(20)21/h4-6,8,12H,2-3,7H2,1H3,(H,20,21)(H,18,19,22). The highest BCUT2D eigenvalue weighted by Crippen LogP contribution is 2.22. The van der Waals surface area contributed by atoms with Gasteiger partial charge in [0, 0.05) is 11.6 Å². The first kappa shape index (κ1) is 17.9. The molecule has 0 aromatic heterocycles. The monoisotopic (exact) mass is 353 g/mol. The second kappa shape index (κ2) is 8.44. The van der Waals surface area contributed by atoms with Crippen LogP contribution in [-0.2, 0) is 9.59 Å². The smallest absolute Gasteiger partial charge is 0.305 e. The minimum Gasteiger partial charge on any atom is -0.493 e. The maximum Gasteiger partial charge on any atom is 0.305 e. The number of carboxylic acids is 1. The molecule has 1 heterocycles. The maximum atomic E-state index is 13.5. The van der Waals surface area contributed by atoms with Crippen molar-refractivity contribution in [3.8, 4) is 5.75 Å². The lowest BCUT2D eigenvalue weighted by Crippen LogP contribution is -2.26. The van der Waals surface area contributed by atoms with Gasteiger partial charge in [0.2, 0.25) is 5.91 Å². The van der Waals surface area contributed by atoms with Gasteiger partial charge in [-0.25, -0.2) is 4.39 Å². The maximum absolute atomic E-state index is 13.5. The zero-order valence-electron chi connectivity index (χ0n) is 12.9. The van der Waals surface area contributed by atoms with Gasteiger partial charge in [0.05, 0.1) is 19.2 Å². The third-order valence-electron chi connectivity index (χ3n) is 2.86. The molecule has 0 spiro atoms. The van der Waals surface area contributed by atoms with E-state index in [1.54, 1.807) is 6.07 Å². The summed E-state index contributed by atoms with van der Waals surface area (Å²) in [5.41, 5.74) is 0.460. The third kappa shape index (κ3) is 5.34. The number of hydrogen-bond donors (Lipinski definition) is 2. The summed E-state index contributed by atoms with van der Waals surface area (Å²) in [5.74, 6) is -1.54. The fourth-order valence-electron chi connectivity index (χ4n) is 1.86. The quantitative estimate of drug-likeness (QED) is 0.577. The van der Waals surface area contributed by atoms with Gasteiger partial charge in [-0.15, -0.1) is 5.10 Å². The van der Waals surface area contributed by atoms with Gasteiger partial charge in [0.15, 0.2) is 5.17 Å². The van der Waals surface area contributed by atoms with Crippen LogP contribution in [0.2, 0.25) is 0 Å². The number of amides is 1. The van der Waals surface area contributed by atoms with Crippen molar-refractivity contribution in [3.05, 3.63) is 29.6 Å². The molecule has 1 aromatic carbocycles. The Morgan fingerprint density at radius 2 is 2.29 bits per heavy atom. The Bertz CT molecular complexity index is 693. The number of benzene rings is 1. The van der Waals surface area contributed by atoms with Gasteiger partial charge in [-0.3, -0.25) is 9.59 Å². The molecule has 24 heavy (non-hydrogen) atoms. The van der Waals surface area contributed by atoms with E-state index in [1.165, 1.54) is 18.3 Å². The number of thioether (sulfide) groups is 1. The summed E-state index contributed by atoms with van der Waals surface area (Å²) in [6.07, 6.45) is 1.84. The van der Waals surface area contributed by atoms with Gasteiger partial charge in [-0.1, -0.05) is 18.7 Å². The fourth-order valence-corrected chi connectivity index (χ4v) is 2.77. The number of ether oxygens (including phenoxy) is 1. The molecule has 0 aliphatic carbocycles. The Labute approximate surface area is 142 Å². The summed E-state index contributed by atoms with van der Waals surface area (Å²) in [4.78, 5) is 22.2. The molecule has 1 amide bonds. The summed E-state index contributed by atoms with van der Waals surface area (Å²) in [6, 6.07) is 4.18. The molecule has 128 valence electrons. The number of carbonyl (C=O) groups excluding carboxylic acids is 1. The van der Waals surface area contributed by atoms with E-state index in [1.807, 2.05) is 6.92 Å². The molecular formula is C15H16FN3O4S. The summed E-state index contributed by atoms with van der Waals surface area (Å²) in [5, 5.41) is 18.2. The molecule has 1 unspecified atom stereocenters. The molecule has 2 rings (SSSR count). The zero-order valence-corrected chi connectivity index (χ0v) is 13.7. The van der Waals surface area contributed by atoms with Crippen LogP contribution in [0.1, 0.15) is 25.3 Å². The second-order valence-electron chi connectivity index (χ2n) is 4.91. The van der Waals surface area contributed by atoms with Crippen LogP contribution in [0.5, 0.6) is 5.75 Å². The highest BCUT2D eigenvalue weighted by Gasteiger charge is 2.32. The van der Waals surface area contributed by atoms with Crippen molar-refractivity contribution in [1.29, 1.82) is 0 Å². The first-order valence-electron chi connectivity index (χ1n) is 7.21. The van der Waals surface area contributed by atoms with Gasteiger partial charge in [-0.05, 0) is 18.6 Å². The van der Waals surface area contributed by atoms with Crippen LogP contribution in [0.15, 0.2) is 28.4 Å². The van der Waals surface area contributed by atoms with Crippen LogP contribution in [0, 0.1) is 5.82 Å². The van der Waals surface area contributed by atoms with Gasteiger partial charge < -0.3 is 15.2 Å². The average Bonchev–Trinajstić information content (AvgIpc) is 2.84. The molecular weight excluding hydrogens is 337 g/mol. The molecule has 1 aromatic rings. The summed E-state index contributed by atoms with van der Waals surface area (Å²) >= 11 is 0.996. The average molecular weight is 353 g/mol. The number of nitrogens with one attached hydrogen (secondary N) is 1. The molecule has 1 fully saturated rings. The van der Waals surface area contributed by atoms with Crippen LogP contribution in [0.4, 0.5) is 4.39 Å². The molecule has 7 nitrogen and oxygen atoms in total. The molecule has 1 aliphatic rings. The zero-order chi connectivity index (χ0) is 17.5. The third-order valence-corrected chi connectivity index (χ3v) is 3.93. The fraction of sp³-hybridized carbons (Fsp3) is 0.333. The number of carbonyl (C=O) groups is 2. The molecule has 0 bridgehead atoms.